The lowest BCUT2D eigenvalue weighted by molar-refractivity contribution is 0.0224. The molecule has 3 aromatic rings. The van der Waals surface area contributed by atoms with Gasteiger partial charge in [-0.15, -0.1) is 0 Å². The maximum absolute atomic E-state index is 12.6. The Hall–Kier alpha value is -3.54. The molecular formula is C28H32N2O4. The van der Waals surface area contributed by atoms with E-state index in [1.807, 2.05) is 57.2 Å². The summed E-state index contributed by atoms with van der Waals surface area (Å²) in [6.07, 6.45) is 3.05. The topological polar surface area (TPSA) is 60.8 Å². The van der Waals surface area contributed by atoms with Crippen LogP contribution in [0.2, 0.25) is 0 Å². The van der Waals surface area contributed by atoms with Gasteiger partial charge in [0.1, 0.15) is 18.0 Å². The molecule has 1 aliphatic rings. The van der Waals surface area contributed by atoms with Gasteiger partial charge < -0.3 is 18.9 Å². The summed E-state index contributed by atoms with van der Waals surface area (Å²) in [7, 11) is 0. The minimum absolute atomic E-state index is 0.0837. The molecule has 2 aromatic carbocycles. The van der Waals surface area contributed by atoms with Crippen LogP contribution in [0.5, 0.6) is 5.75 Å². The van der Waals surface area contributed by atoms with E-state index >= 15 is 0 Å². The van der Waals surface area contributed by atoms with Crippen molar-refractivity contribution < 1.29 is 14.3 Å². The molecular weight excluding hydrogens is 428 g/mol. The standard InChI is InChI=1S/C28H32N2O4/c1-28(2,3)34-27(32)30-15-12-23-10-9-21(17-24(23)19-30)11-14-29-16-13-25(18-26(29)31)33-20-22-7-5-4-6-8-22/h4-10,13,16-18H,11-12,14-15,19-20H2,1-3H3. The van der Waals surface area contributed by atoms with Gasteiger partial charge in [-0.1, -0.05) is 48.5 Å². The van der Waals surface area contributed by atoms with Crippen molar-refractivity contribution in [1.29, 1.82) is 0 Å². The zero-order valence-electron chi connectivity index (χ0n) is 20.1. The van der Waals surface area contributed by atoms with Crippen molar-refractivity contribution in [2.75, 3.05) is 6.54 Å². The molecule has 0 aliphatic carbocycles. The summed E-state index contributed by atoms with van der Waals surface area (Å²) in [4.78, 5) is 26.8. The second kappa shape index (κ2) is 10.2. The zero-order chi connectivity index (χ0) is 24.1. The van der Waals surface area contributed by atoms with Crippen molar-refractivity contribution >= 4 is 6.09 Å². The van der Waals surface area contributed by atoms with Gasteiger partial charge in [-0.2, -0.15) is 0 Å². The van der Waals surface area contributed by atoms with E-state index in [9.17, 15) is 9.59 Å². The summed E-state index contributed by atoms with van der Waals surface area (Å²) in [5, 5.41) is 0. The predicted octanol–water partition coefficient (Wildman–Crippen LogP) is 4.96. The molecule has 0 saturated heterocycles. The van der Waals surface area contributed by atoms with E-state index in [1.54, 1.807) is 15.7 Å². The molecule has 178 valence electrons. The van der Waals surface area contributed by atoms with Gasteiger partial charge in [0.05, 0.1) is 0 Å². The second-order valence-corrected chi connectivity index (χ2v) is 9.67. The molecule has 0 atom stereocenters. The Morgan fingerprint density at radius 3 is 2.50 bits per heavy atom. The third-order valence-electron chi connectivity index (χ3n) is 5.79. The van der Waals surface area contributed by atoms with Crippen molar-refractivity contribution in [3.05, 3.63) is 99.5 Å². The molecule has 1 aliphatic heterocycles. The van der Waals surface area contributed by atoms with Crippen molar-refractivity contribution in [3.63, 3.8) is 0 Å². The molecule has 0 fully saturated rings. The Balaban J connectivity index is 1.35. The van der Waals surface area contributed by atoms with Gasteiger partial charge in [-0.3, -0.25) is 4.79 Å². The zero-order valence-corrected chi connectivity index (χ0v) is 20.1. The van der Waals surface area contributed by atoms with Crippen molar-refractivity contribution in [3.8, 4) is 5.75 Å². The van der Waals surface area contributed by atoms with Crippen LogP contribution in [-0.4, -0.2) is 27.7 Å². The highest BCUT2D eigenvalue weighted by atomic mass is 16.6. The summed E-state index contributed by atoms with van der Waals surface area (Å²) >= 11 is 0. The van der Waals surface area contributed by atoms with Crippen LogP contribution in [0, 0.1) is 0 Å². The molecule has 6 nitrogen and oxygen atoms in total. The monoisotopic (exact) mass is 460 g/mol. The summed E-state index contributed by atoms with van der Waals surface area (Å²) in [6.45, 7) is 7.85. The van der Waals surface area contributed by atoms with Crippen LogP contribution in [0.3, 0.4) is 0 Å². The quantitative estimate of drug-likeness (QED) is 0.522. The number of hydrogen-bond acceptors (Lipinski definition) is 4. The molecule has 1 amide bonds. The van der Waals surface area contributed by atoms with E-state index in [0.717, 1.165) is 29.5 Å². The van der Waals surface area contributed by atoms with Crippen LogP contribution in [0.25, 0.3) is 0 Å². The highest BCUT2D eigenvalue weighted by Gasteiger charge is 2.25. The van der Waals surface area contributed by atoms with Crippen LogP contribution in [-0.2, 0) is 37.3 Å². The number of nitrogens with zero attached hydrogens (tertiary/aromatic N) is 2. The van der Waals surface area contributed by atoms with E-state index in [-0.39, 0.29) is 11.7 Å². The molecule has 0 saturated carbocycles. The number of carbonyl (C=O) groups is 1. The maximum Gasteiger partial charge on any atom is 0.410 e. The van der Waals surface area contributed by atoms with Crippen LogP contribution in [0.4, 0.5) is 4.79 Å². The summed E-state index contributed by atoms with van der Waals surface area (Å²) in [5.74, 6) is 0.570. The van der Waals surface area contributed by atoms with Gasteiger partial charge in [-0.05, 0) is 61.9 Å². The number of carbonyl (C=O) groups excluding carboxylic acids is 1. The minimum Gasteiger partial charge on any atom is -0.489 e. The van der Waals surface area contributed by atoms with Crippen molar-refractivity contribution in [1.82, 2.24) is 9.47 Å². The summed E-state index contributed by atoms with van der Waals surface area (Å²) in [5.41, 5.74) is 4.02. The van der Waals surface area contributed by atoms with Gasteiger partial charge in [0.15, 0.2) is 0 Å². The first-order valence-corrected chi connectivity index (χ1v) is 11.7. The minimum atomic E-state index is -0.505. The fourth-order valence-electron chi connectivity index (χ4n) is 4.00. The second-order valence-electron chi connectivity index (χ2n) is 9.67. The summed E-state index contributed by atoms with van der Waals surface area (Å²) in [6, 6.07) is 19.6. The fourth-order valence-corrected chi connectivity index (χ4v) is 4.00. The van der Waals surface area contributed by atoms with Crippen molar-refractivity contribution in [2.45, 2.75) is 58.9 Å². The number of pyridine rings is 1. The molecule has 0 bridgehead atoms. The number of rotatable bonds is 6. The van der Waals surface area contributed by atoms with E-state index in [2.05, 4.69) is 18.2 Å². The molecule has 1 aromatic heterocycles. The first-order valence-electron chi connectivity index (χ1n) is 11.7. The SMILES string of the molecule is CC(C)(C)OC(=O)N1CCc2ccc(CCn3ccc(OCc4ccccc4)cc3=O)cc2C1. The first kappa shape index (κ1) is 23.6. The smallest absolute Gasteiger partial charge is 0.410 e. The fraction of sp³-hybridized carbons (Fsp3) is 0.357. The van der Waals surface area contributed by atoms with Crippen LogP contribution >= 0.6 is 0 Å². The van der Waals surface area contributed by atoms with E-state index in [1.165, 1.54) is 11.6 Å². The van der Waals surface area contributed by atoms with Gasteiger partial charge in [0.25, 0.3) is 5.56 Å². The molecule has 4 rings (SSSR count). The number of benzene rings is 2. The summed E-state index contributed by atoms with van der Waals surface area (Å²) < 4.78 is 13.0. The van der Waals surface area contributed by atoms with Gasteiger partial charge >= 0.3 is 6.09 Å². The highest BCUT2D eigenvalue weighted by Crippen LogP contribution is 2.23. The van der Waals surface area contributed by atoms with Crippen LogP contribution in [0.1, 0.15) is 43.0 Å². The highest BCUT2D eigenvalue weighted by molar-refractivity contribution is 5.68. The van der Waals surface area contributed by atoms with Gasteiger partial charge in [0, 0.05) is 31.9 Å². The molecule has 2 heterocycles. The Morgan fingerprint density at radius 2 is 1.76 bits per heavy atom. The van der Waals surface area contributed by atoms with Crippen molar-refractivity contribution in [2.24, 2.45) is 0 Å². The van der Waals surface area contributed by atoms with Crippen LogP contribution < -0.4 is 10.3 Å². The normalized spacial score (nSPS) is 13.3. The Bertz CT molecular complexity index is 1200. The number of ether oxygens (including phenoxy) is 2. The Morgan fingerprint density at radius 1 is 0.971 bits per heavy atom. The number of hydrogen-bond donors (Lipinski definition) is 0. The molecule has 0 spiro atoms. The number of aromatic nitrogens is 1. The molecule has 6 heteroatoms. The lowest BCUT2D eigenvalue weighted by Gasteiger charge is -2.31. The van der Waals surface area contributed by atoms with Crippen LogP contribution in [0.15, 0.2) is 71.7 Å². The number of amides is 1. The van der Waals surface area contributed by atoms with E-state index in [4.69, 9.17) is 9.47 Å². The largest absolute Gasteiger partial charge is 0.489 e. The Kier molecular flexibility index (Phi) is 7.06. The maximum atomic E-state index is 12.6. The lowest BCUT2D eigenvalue weighted by atomic mass is 9.96. The lowest BCUT2D eigenvalue weighted by Crippen LogP contribution is -2.39. The molecule has 0 unspecified atom stereocenters. The van der Waals surface area contributed by atoms with Gasteiger partial charge in [0.2, 0.25) is 0 Å². The van der Waals surface area contributed by atoms with E-state index < -0.39 is 5.60 Å². The average Bonchev–Trinajstić information content (AvgIpc) is 2.81. The Labute approximate surface area is 200 Å². The third kappa shape index (κ3) is 6.28. The van der Waals surface area contributed by atoms with E-state index in [0.29, 0.717) is 32.0 Å². The predicted molar refractivity (Wildman–Crippen MR) is 132 cm³/mol. The number of fused-ring (bicyclic) bond motifs is 1. The molecule has 0 N–H and O–H groups in total. The first-order chi connectivity index (χ1) is 16.3. The molecule has 34 heavy (non-hydrogen) atoms. The molecule has 0 radical (unpaired) electrons. The number of aryl methyl sites for hydroxylation is 2. The third-order valence-corrected chi connectivity index (χ3v) is 5.79. The van der Waals surface area contributed by atoms with Gasteiger partial charge in [-0.25, -0.2) is 4.79 Å². The average molecular weight is 461 g/mol.